The van der Waals surface area contributed by atoms with Crippen LogP contribution in [-0.2, 0) is 9.59 Å². The molecular formula is C12H9Cl2N5O2. The molecule has 1 aliphatic rings. The molecule has 1 aliphatic heterocycles. The van der Waals surface area contributed by atoms with E-state index < -0.39 is 6.04 Å². The van der Waals surface area contributed by atoms with Gasteiger partial charge in [-0.2, -0.15) is 10.1 Å². The topological polar surface area (TPSA) is 88.9 Å². The summed E-state index contributed by atoms with van der Waals surface area (Å²) in [7, 11) is 0. The molecule has 0 spiro atoms. The first-order valence-corrected chi connectivity index (χ1v) is 6.75. The van der Waals surface area contributed by atoms with Crippen molar-refractivity contribution in [3.05, 3.63) is 34.6 Å². The number of aromatic nitrogens is 3. The van der Waals surface area contributed by atoms with Crippen molar-refractivity contribution in [3.8, 4) is 0 Å². The maximum Gasteiger partial charge on any atom is 0.252 e. The summed E-state index contributed by atoms with van der Waals surface area (Å²) >= 11 is 11.8. The summed E-state index contributed by atoms with van der Waals surface area (Å²) in [6, 6.07) is 4.01. The molecule has 108 valence electrons. The standard InChI is InChI=1S/C12H9Cl2N5O2/c13-6-1-2-7(14)8(3-6)17-10(20)4-9-11(21)18-12-15-5-16-19(9)12/h1-3,5,9H,4H2,(H,17,20)(H,15,16,18,21). The van der Waals surface area contributed by atoms with E-state index in [0.717, 1.165) is 0 Å². The fraction of sp³-hybridized carbons (Fsp3) is 0.167. The van der Waals surface area contributed by atoms with Gasteiger partial charge in [-0.05, 0) is 18.2 Å². The Morgan fingerprint density at radius 2 is 2.24 bits per heavy atom. The van der Waals surface area contributed by atoms with Crippen LogP contribution in [0.25, 0.3) is 0 Å². The van der Waals surface area contributed by atoms with Crippen LogP contribution in [-0.4, -0.2) is 26.6 Å². The van der Waals surface area contributed by atoms with Crippen molar-refractivity contribution in [1.29, 1.82) is 0 Å². The largest absolute Gasteiger partial charge is 0.325 e. The highest BCUT2D eigenvalue weighted by Gasteiger charge is 2.33. The minimum atomic E-state index is -0.722. The van der Waals surface area contributed by atoms with Crippen LogP contribution < -0.4 is 10.6 Å². The highest BCUT2D eigenvalue weighted by atomic mass is 35.5. The molecule has 0 saturated carbocycles. The molecule has 2 heterocycles. The van der Waals surface area contributed by atoms with Crippen molar-refractivity contribution in [1.82, 2.24) is 14.8 Å². The van der Waals surface area contributed by atoms with E-state index in [4.69, 9.17) is 23.2 Å². The zero-order valence-corrected chi connectivity index (χ0v) is 12.0. The number of amides is 2. The lowest BCUT2D eigenvalue weighted by Crippen LogP contribution is -2.23. The van der Waals surface area contributed by atoms with Crippen LogP contribution in [0.2, 0.25) is 10.0 Å². The molecule has 1 atom stereocenters. The van der Waals surface area contributed by atoms with Gasteiger partial charge < -0.3 is 5.32 Å². The minimum Gasteiger partial charge on any atom is -0.325 e. The van der Waals surface area contributed by atoms with E-state index in [1.54, 1.807) is 12.1 Å². The summed E-state index contributed by atoms with van der Waals surface area (Å²) in [5.74, 6) is -0.362. The molecular weight excluding hydrogens is 317 g/mol. The SMILES string of the molecule is O=C(CC1C(=O)Nc2ncnn21)Nc1cc(Cl)ccc1Cl. The van der Waals surface area contributed by atoms with Crippen molar-refractivity contribution in [3.63, 3.8) is 0 Å². The molecule has 9 heteroatoms. The third-order valence-electron chi connectivity index (χ3n) is 2.99. The summed E-state index contributed by atoms with van der Waals surface area (Å²) in [6.07, 6.45) is 1.23. The molecule has 1 unspecified atom stereocenters. The first kappa shape index (κ1) is 13.8. The number of carbonyl (C=O) groups is 2. The summed E-state index contributed by atoms with van der Waals surface area (Å²) in [6.45, 7) is 0. The number of nitrogens with one attached hydrogen (secondary N) is 2. The molecule has 2 N–H and O–H groups in total. The van der Waals surface area contributed by atoms with Crippen LogP contribution in [0.1, 0.15) is 12.5 Å². The van der Waals surface area contributed by atoms with Crippen molar-refractivity contribution in [2.45, 2.75) is 12.5 Å². The van der Waals surface area contributed by atoms with Crippen LogP contribution in [0.3, 0.4) is 0 Å². The lowest BCUT2D eigenvalue weighted by molar-refractivity contribution is -0.123. The molecule has 7 nitrogen and oxygen atoms in total. The average molecular weight is 326 g/mol. The summed E-state index contributed by atoms with van der Waals surface area (Å²) in [4.78, 5) is 27.7. The van der Waals surface area contributed by atoms with E-state index in [0.29, 0.717) is 21.7 Å². The molecule has 0 radical (unpaired) electrons. The number of hydrogen-bond donors (Lipinski definition) is 2. The van der Waals surface area contributed by atoms with E-state index in [2.05, 4.69) is 20.7 Å². The van der Waals surface area contributed by atoms with E-state index in [1.807, 2.05) is 0 Å². The fourth-order valence-electron chi connectivity index (χ4n) is 2.02. The number of rotatable bonds is 3. The predicted molar refractivity (Wildman–Crippen MR) is 77.4 cm³/mol. The Labute approximate surface area is 129 Å². The van der Waals surface area contributed by atoms with Gasteiger partial charge in [0.25, 0.3) is 5.91 Å². The molecule has 21 heavy (non-hydrogen) atoms. The van der Waals surface area contributed by atoms with Crippen LogP contribution in [0, 0.1) is 0 Å². The molecule has 1 aromatic carbocycles. The third-order valence-corrected chi connectivity index (χ3v) is 3.55. The van der Waals surface area contributed by atoms with E-state index in [1.165, 1.54) is 17.1 Å². The Bertz CT molecular complexity index is 730. The molecule has 0 fully saturated rings. The molecule has 0 aliphatic carbocycles. The van der Waals surface area contributed by atoms with Gasteiger partial charge in [-0.3, -0.25) is 14.9 Å². The number of nitrogens with zero attached hydrogens (tertiary/aromatic N) is 3. The maximum absolute atomic E-state index is 12.1. The van der Waals surface area contributed by atoms with E-state index >= 15 is 0 Å². The number of halogens is 2. The lowest BCUT2D eigenvalue weighted by Gasteiger charge is -2.10. The zero-order chi connectivity index (χ0) is 15.0. The molecule has 0 saturated heterocycles. The highest BCUT2D eigenvalue weighted by Crippen LogP contribution is 2.27. The second-order valence-corrected chi connectivity index (χ2v) is 5.25. The Morgan fingerprint density at radius 3 is 3.05 bits per heavy atom. The third kappa shape index (κ3) is 2.70. The molecule has 2 amide bonds. The van der Waals surface area contributed by atoms with Crippen LogP contribution in [0.5, 0.6) is 0 Å². The number of benzene rings is 1. The van der Waals surface area contributed by atoms with Gasteiger partial charge in [-0.1, -0.05) is 23.2 Å². The number of anilines is 2. The molecule has 3 rings (SSSR count). The van der Waals surface area contributed by atoms with Gasteiger partial charge >= 0.3 is 0 Å². The highest BCUT2D eigenvalue weighted by molar-refractivity contribution is 6.35. The monoisotopic (exact) mass is 325 g/mol. The normalized spacial score (nSPS) is 16.5. The zero-order valence-electron chi connectivity index (χ0n) is 10.5. The van der Waals surface area contributed by atoms with Crippen LogP contribution >= 0.6 is 23.2 Å². The van der Waals surface area contributed by atoms with Gasteiger partial charge in [0.2, 0.25) is 11.9 Å². The predicted octanol–water partition coefficient (Wildman–Crippen LogP) is 2.11. The van der Waals surface area contributed by atoms with Crippen molar-refractivity contribution >= 4 is 46.7 Å². The Morgan fingerprint density at radius 1 is 1.43 bits per heavy atom. The van der Waals surface area contributed by atoms with Gasteiger partial charge in [0.15, 0.2) is 0 Å². The van der Waals surface area contributed by atoms with Crippen LogP contribution in [0.4, 0.5) is 11.6 Å². The van der Waals surface area contributed by atoms with Gasteiger partial charge in [-0.25, -0.2) is 4.68 Å². The smallest absolute Gasteiger partial charge is 0.252 e. The molecule has 2 aromatic rings. The second-order valence-electron chi connectivity index (χ2n) is 4.41. The van der Waals surface area contributed by atoms with Gasteiger partial charge in [0.05, 0.1) is 17.1 Å². The van der Waals surface area contributed by atoms with E-state index in [9.17, 15) is 9.59 Å². The Balaban J connectivity index is 1.73. The van der Waals surface area contributed by atoms with Crippen molar-refractivity contribution in [2.24, 2.45) is 0 Å². The Kier molecular flexibility index (Phi) is 3.52. The molecule has 1 aromatic heterocycles. The number of carbonyl (C=O) groups excluding carboxylic acids is 2. The van der Waals surface area contributed by atoms with Crippen molar-refractivity contribution < 1.29 is 9.59 Å². The second kappa shape index (κ2) is 5.34. The number of hydrogen-bond acceptors (Lipinski definition) is 4. The van der Waals surface area contributed by atoms with E-state index in [-0.39, 0.29) is 18.2 Å². The first-order chi connectivity index (χ1) is 10.0. The van der Waals surface area contributed by atoms with Gasteiger partial charge in [0.1, 0.15) is 12.4 Å². The minimum absolute atomic E-state index is 0.0783. The number of fused-ring (bicyclic) bond motifs is 1. The van der Waals surface area contributed by atoms with Crippen LogP contribution in [0.15, 0.2) is 24.5 Å². The average Bonchev–Trinajstić information content (AvgIpc) is 2.97. The summed E-state index contributed by atoms with van der Waals surface area (Å²) in [5.41, 5.74) is 0.395. The van der Waals surface area contributed by atoms with Gasteiger partial charge in [-0.15, -0.1) is 0 Å². The Hall–Kier alpha value is -2.12. The first-order valence-electron chi connectivity index (χ1n) is 6.00. The summed E-state index contributed by atoms with van der Waals surface area (Å²) < 4.78 is 1.38. The maximum atomic E-state index is 12.1. The lowest BCUT2D eigenvalue weighted by atomic mass is 10.2. The molecule has 0 bridgehead atoms. The van der Waals surface area contributed by atoms with Gasteiger partial charge in [0, 0.05) is 5.02 Å². The quantitative estimate of drug-likeness (QED) is 0.904. The van der Waals surface area contributed by atoms with Crippen molar-refractivity contribution in [2.75, 3.05) is 10.6 Å². The fourth-order valence-corrected chi connectivity index (χ4v) is 2.36. The summed E-state index contributed by atoms with van der Waals surface area (Å²) in [5, 5.41) is 9.90.